The van der Waals surface area contributed by atoms with Gasteiger partial charge in [0.1, 0.15) is 5.75 Å². The van der Waals surface area contributed by atoms with Gasteiger partial charge in [0.25, 0.3) is 0 Å². The highest BCUT2D eigenvalue weighted by molar-refractivity contribution is 14.1. The molecular weight excluding hydrogens is 327 g/mol. The smallest absolute Gasteiger partial charge is 0.118 e. The van der Waals surface area contributed by atoms with E-state index in [0.717, 1.165) is 16.8 Å². The zero-order valence-corrected chi connectivity index (χ0v) is 11.9. The van der Waals surface area contributed by atoms with Crippen molar-refractivity contribution in [2.24, 2.45) is 0 Å². The van der Waals surface area contributed by atoms with Crippen molar-refractivity contribution in [2.45, 2.75) is 12.5 Å². The highest BCUT2D eigenvalue weighted by Gasteiger charge is 2.09. The molecule has 0 saturated carbocycles. The molecule has 0 spiro atoms. The minimum Gasteiger partial charge on any atom is -0.497 e. The van der Waals surface area contributed by atoms with Gasteiger partial charge in [-0.15, -0.1) is 0 Å². The van der Waals surface area contributed by atoms with Gasteiger partial charge in [0.15, 0.2) is 0 Å². The third-order valence-electron chi connectivity index (χ3n) is 2.76. The first-order chi connectivity index (χ1) is 8.33. The second-order valence-electron chi connectivity index (χ2n) is 3.80. The first kappa shape index (κ1) is 12.6. The summed E-state index contributed by atoms with van der Waals surface area (Å²) in [4.78, 5) is 0. The maximum absolute atomic E-state index is 5.54. The van der Waals surface area contributed by atoms with E-state index >= 15 is 0 Å². The fraction of sp³-hybridized carbons (Fsp3) is 0.286. The fourth-order valence-electron chi connectivity index (χ4n) is 1.80. The van der Waals surface area contributed by atoms with Crippen LogP contribution >= 0.6 is 22.6 Å². The first-order valence-electron chi connectivity index (χ1n) is 5.54. The van der Waals surface area contributed by atoms with Gasteiger partial charge >= 0.3 is 0 Å². The number of hydrogen-bond acceptors (Lipinski definition) is 2. The number of hydrogen-bond donors (Lipinski definition) is 0. The summed E-state index contributed by atoms with van der Waals surface area (Å²) in [6, 6.07) is 8.12. The molecule has 2 nitrogen and oxygen atoms in total. The number of benzene rings is 1. The Morgan fingerprint density at radius 1 is 1.29 bits per heavy atom. The molecule has 90 valence electrons. The topological polar surface area (TPSA) is 18.5 Å². The van der Waals surface area contributed by atoms with Crippen LogP contribution in [0.25, 0.3) is 5.57 Å². The van der Waals surface area contributed by atoms with Crippen molar-refractivity contribution in [3.05, 3.63) is 48.1 Å². The third kappa shape index (κ3) is 3.33. The SMILES string of the molecule is COc1ccc(C2=CCC(OCI)C=C2)cc1. The maximum Gasteiger partial charge on any atom is 0.118 e. The minimum atomic E-state index is 0.230. The lowest BCUT2D eigenvalue weighted by Crippen LogP contribution is -2.09. The summed E-state index contributed by atoms with van der Waals surface area (Å²) in [6.07, 6.45) is 7.65. The van der Waals surface area contributed by atoms with E-state index < -0.39 is 0 Å². The third-order valence-corrected chi connectivity index (χ3v) is 3.12. The molecule has 0 heterocycles. The van der Waals surface area contributed by atoms with Crippen molar-refractivity contribution in [1.82, 2.24) is 0 Å². The van der Waals surface area contributed by atoms with Gasteiger partial charge in [-0.05, 0) is 29.7 Å². The van der Waals surface area contributed by atoms with Crippen LogP contribution in [0, 0.1) is 0 Å². The van der Waals surface area contributed by atoms with Gasteiger partial charge in [-0.3, -0.25) is 0 Å². The molecule has 0 radical (unpaired) electrons. The highest BCUT2D eigenvalue weighted by Crippen LogP contribution is 2.24. The predicted octanol–water partition coefficient (Wildman–Crippen LogP) is 3.82. The van der Waals surface area contributed by atoms with Crippen molar-refractivity contribution < 1.29 is 9.47 Å². The van der Waals surface area contributed by atoms with Crippen molar-refractivity contribution in [3.63, 3.8) is 0 Å². The molecule has 3 heteroatoms. The molecule has 1 aromatic carbocycles. The minimum absolute atomic E-state index is 0.230. The number of ether oxygens (including phenoxy) is 2. The van der Waals surface area contributed by atoms with E-state index in [9.17, 15) is 0 Å². The van der Waals surface area contributed by atoms with Crippen molar-refractivity contribution in [2.75, 3.05) is 11.7 Å². The molecule has 1 aromatic rings. The number of allylic oxidation sites excluding steroid dienone is 2. The van der Waals surface area contributed by atoms with E-state index in [1.807, 2.05) is 12.1 Å². The quantitative estimate of drug-likeness (QED) is 0.612. The molecule has 1 unspecified atom stereocenters. The van der Waals surface area contributed by atoms with Gasteiger partial charge in [0.2, 0.25) is 0 Å². The fourth-order valence-corrected chi connectivity index (χ4v) is 2.26. The molecule has 0 amide bonds. The van der Waals surface area contributed by atoms with Crippen molar-refractivity contribution in [3.8, 4) is 5.75 Å². The van der Waals surface area contributed by atoms with Crippen LogP contribution in [0.15, 0.2) is 42.5 Å². The number of methoxy groups -OCH3 is 1. The lowest BCUT2D eigenvalue weighted by molar-refractivity contribution is 0.136. The summed E-state index contributed by atoms with van der Waals surface area (Å²) in [5.74, 6) is 0.889. The molecule has 0 aliphatic heterocycles. The summed E-state index contributed by atoms with van der Waals surface area (Å²) >= 11 is 2.22. The van der Waals surface area contributed by atoms with Gasteiger partial charge < -0.3 is 9.47 Å². The summed E-state index contributed by atoms with van der Waals surface area (Å²) in [7, 11) is 1.68. The Morgan fingerprint density at radius 2 is 2.06 bits per heavy atom. The predicted molar refractivity (Wildman–Crippen MR) is 78.5 cm³/mol. The van der Waals surface area contributed by atoms with E-state index in [2.05, 4.69) is 53.0 Å². The zero-order valence-electron chi connectivity index (χ0n) is 9.73. The summed E-state index contributed by atoms with van der Waals surface area (Å²) in [5, 5.41) is 0. The second-order valence-corrected chi connectivity index (χ2v) is 4.42. The lowest BCUT2D eigenvalue weighted by atomic mass is 9.98. The van der Waals surface area contributed by atoms with Crippen molar-refractivity contribution >= 4 is 28.2 Å². The molecule has 1 aliphatic rings. The summed E-state index contributed by atoms with van der Waals surface area (Å²) in [6.45, 7) is 0. The van der Waals surface area contributed by atoms with Crippen LogP contribution in [0.1, 0.15) is 12.0 Å². The normalized spacial score (nSPS) is 18.9. The number of rotatable bonds is 4. The van der Waals surface area contributed by atoms with Crippen LogP contribution in [0.2, 0.25) is 0 Å². The van der Waals surface area contributed by atoms with Crippen LogP contribution in [0.5, 0.6) is 5.75 Å². The lowest BCUT2D eigenvalue weighted by Gasteiger charge is -2.16. The average molecular weight is 342 g/mol. The van der Waals surface area contributed by atoms with E-state index in [4.69, 9.17) is 9.47 Å². The summed E-state index contributed by atoms with van der Waals surface area (Å²) < 4.78 is 11.4. The molecule has 2 rings (SSSR count). The van der Waals surface area contributed by atoms with Crippen molar-refractivity contribution in [1.29, 1.82) is 0 Å². The van der Waals surface area contributed by atoms with Gasteiger partial charge in [-0.2, -0.15) is 0 Å². The van der Waals surface area contributed by atoms with Crippen LogP contribution in [-0.4, -0.2) is 17.8 Å². The Hall–Kier alpha value is -0.810. The van der Waals surface area contributed by atoms with Crippen LogP contribution in [0.4, 0.5) is 0 Å². The molecule has 0 saturated heterocycles. The Kier molecular flexibility index (Phi) is 4.62. The van der Waals surface area contributed by atoms with E-state index in [1.54, 1.807) is 7.11 Å². The van der Waals surface area contributed by atoms with Crippen LogP contribution in [0.3, 0.4) is 0 Å². The molecular formula is C14H15IO2. The van der Waals surface area contributed by atoms with Gasteiger partial charge in [-0.1, -0.05) is 53.0 Å². The van der Waals surface area contributed by atoms with E-state index in [-0.39, 0.29) is 6.10 Å². The molecule has 0 bridgehead atoms. The zero-order chi connectivity index (χ0) is 12.1. The van der Waals surface area contributed by atoms with Gasteiger partial charge in [-0.25, -0.2) is 0 Å². The molecule has 17 heavy (non-hydrogen) atoms. The maximum atomic E-state index is 5.54. The molecule has 0 fully saturated rings. The highest BCUT2D eigenvalue weighted by atomic mass is 127. The number of halogens is 1. The monoisotopic (exact) mass is 342 g/mol. The molecule has 1 atom stereocenters. The van der Waals surface area contributed by atoms with Crippen LogP contribution < -0.4 is 4.74 Å². The molecule has 0 aromatic heterocycles. The standard InChI is InChI=1S/C14H15IO2/c1-16-13-6-2-11(3-7-13)12-4-8-14(9-5-12)17-10-15/h2-8,14H,9-10H2,1H3. The van der Waals surface area contributed by atoms with Gasteiger partial charge in [0.05, 0.1) is 17.8 Å². The Bertz CT molecular complexity index is 420. The van der Waals surface area contributed by atoms with Gasteiger partial charge in [0, 0.05) is 0 Å². The van der Waals surface area contributed by atoms with E-state index in [0.29, 0.717) is 0 Å². The van der Waals surface area contributed by atoms with Crippen LogP contribution in [-0.2, 0) is 4.74 Å². The Balaban J connectivity index is 2.06. The largest absolute Gasteiger partial charge is 0.497 e. The average Bonchev–Trinajstić information content (AvgIpc) is 2.40. The first-order valence-corrected chi connectivity index (χ1v) is 7.06. The Labute approximate surface area is 115 Å². The molecule has 1 aliphatic carbocycles. The molecule has 0 N–H and O–H groups in total. The van der Waals surface area contributed by atoms with E-state index in [1.165, 1.54) is 11.1 Å². The number of alkyl halides is 1. The Morgan fingerprint density at radius 3 is 2.59 bits per heavy atom. The second kappa shape index (κ2) is 6.21. The summed E-state index contributed by atoms with van der Waals surface area (Å²) in [5.41, 5.74) is 2.47.